The van der Waals surface area contributed by atoms with Crippen LogP contribution in [-0.4, -0.2) is 0 Å². The minimum absolute atomic E-state index is 0.602. The fraction of sp³-hybridized carbons (Fsp3) is 0.333. The first-order valence-corrected chi connectivity index (χ1v) is 20.6. The second kappa shape index (κ2) is 13.6. The zero-order valence-corrected chi connectivity index (χ0v) is 33.5. The number of allylic oxidation sites excluding steroid dienone is 8. The van der Waals surface area contributed by atoms with Crippen LogP contribution in [-0.2, 0) is 0 Å². The van der Waals surface area contributed by atoms with E-state index in [1.165, 1.54) is 76.5 Å². The molecule has 0 saturated heterocycles. The third-order valence-corrected chi connectivity index (χ3v) is 14.2. The number of rotatable bonds is 2. The minimum Gasteiger partial charge on any atom is -0.0796 e. The van der Waals surface area contributed by atoms with Crippen molar-refractivity contribution in [3.05, 3.63) is 175 Å². The standard InChI is InChI=1S/C32H36.C22H20/c1-18-12-20(3)31(21(4)13-18)25-8-10-27-28-11-9-26(17-30(28)24(7)29(27)16-25)32-22(5)14-19(2)15-23(32)6;1-14-19-10-15-6-2-4-8-17(15)12-21(19)22-13-18-9-5-3-7-16(18)11-20(14)22/h8-17,24,27-30H,1-7H3;2-14,19-22H,1H3. The Morgan fingerprint density at radius 1 is 0.352 bits per heavy atom. The predicted octanol–water partition coefficient (Wildman–Crippen LogP) is 9.91. The highest BCUT2D eigenvalue weighted by atomic mass is 14.5. The highest BCUT2D eigenvalue weighted by Gasteiger charge is 2.47. The summed E-state index contributed by atoms with van der Waals surface area (Å²) in [6.07, 6.45) is 25.2. The Kier molecular flexibility index (Phi) is 8.80. The van der Waals surface area contributed by atoms with Gasteiger partial charge in [0, 0.05) is 0 Å². The molecule has 54 heavy (non-hydrogen) atoms. The maximum absolute atomic E-state index is 2.60. The van der Waals surface area contributed by atoms with E-state index < -0.39 is 0 Å². The van der Waals surface area contributed by atoms with Gasteiger partial charge >= 0.3 is 0 Å². The summed E-state index contributed by atoms with van der Waals surface area (Å²) < 4.78 is 0. The number of hydrogen-bond acceptors (Lipinski definition) is 0. The summed E-state index contributed by atoms with van der Waals surface area (Å²) in [4.78, 5) is 0. The molecule has 272 valence electrons. The van der Waals surface area contributed by atoms with Crippen LogP contribution < -0.4 is 20.9 Å². The predicted molar refractivity (Wildman–Crippen MR) is 231 cm³/mol. The second-order valence-electron chi connectivity index (χ2n) is 17.8. The van der Waals surface area contributed by atoms with E-state index in [2.05, 4.69) is 189 Å². The van der Waals surface area contributed by atoms with E-state index in [4.69, 9.17) is 0 Å². The van der Waals surface area contributed by atoms with E-state index in [1.54, 1.807) is 0 Å². The number of benzene rings is 4. The van der Waals surface area contributed by atoms with Gasteiger partial charge in [-0.3, -0.25) is 0 Å². The van der Waals surface area contributed by atoms with Crippen molar-refractivity contribution in [1.82, 2.24) is 0 Å². The van der Waals surface area contributed by atoms with Crippen LogP contribution in [0.15, 0.2) is 109 Å². The molecule has 0 heteroatoms. The van der Waals surface area contributed by atoms with Gasteiger partial charge in [-0.05, 0) is 166 Å². The summed E-state index contributed by atoms with van der Waals surface area (Å²) in [6.45, 7) is 18.4. The lowest BCUT2D eigenvalue weighted by Crippen LogP contribution is -2.35. The summed E-state index contributed by atoms with van der Waals surface area (Å²) in [6, 6.07) is 27.0. The van der Waals surface area contributed by atoms with Crippen LogP contribution in [0.25, 0.3) is 35.5 Å². The molecule has 6 aliphatic carbocycles. The molecule has 0 aromatic heterocycles. The first-order valence-electron chi connectivity index (χ1n) is 20.6. The molecule has 0 amide bonds. The maximum Gasteiger partial charge on any atom is -0.00892 e. The molecule has 8 atom stereocenters. The Balaban J connectivity index is 0.000000152. The maximum atomic E-state index is 2.60. The van der Waals surface area contributed by atoms with Gasteiger partial charge in [-0.1, -0.05) is 159 Å². The van der Waals surface area contributed by atoms with Crippen molar-refractivity contribution in [3.63, 3.8) is 0 Å². The zero-order chi connectivity index (χ0) is 37.4. The van der Waals surface area contributed by atoms with E-state index >= 15 is 0 Å². The molecule has 0 nitrogen and oxygen atoms in total. The molecule has 8 unspecified atom stereocenters. The van der Waals surface area contributed by atoms with E-state index in [-0.39, 0.29) is 0 Å². The van der Waals surface area contributed by atoms with Gasteiger partial charge in [-0.2, -0.15) is 0 Å². The lowest BCUT2D eigenvalue weighted by molar-refractivity contribution is 0.416. The van der Waals surface area contributed by atoms with Crippen LogP contribution in [0.2, 0.25) is 0 Å². The number of aryl methyl sites for hydroxylation is 6. The Labute approximate surface area is 323 Å². The van der Waals surface area contributed by atoms with Gasteiger partial charge in [0.15, 0.2) is 0 Å². The molecular weight excluding hydrogens is 649 g/mol. The van der Waals surface area contributed by atoms with Crippen LogP contribution in [0.5, 0.6) is 0 Å². The van der Waals surface area contributed by atoms with Gasteiger partial charge in [0.05, 0.1) is 0 Å². The van der Waals surface area contributed by atoms with E-state index in [9.17, 15) is 0 Å². The molecule has 4 aromatic carbocycles. The van der Waals surface area contributed by atoms with Crippen molar-refractivity contribution in [2.75, 3.05) is 0 Å². The number of fused-ring (bicyclic) bond motifs is 8. The van der Waals surface area contributed by atoms with Crippen LogP contribution in [0.1, 0.15) is 58.4 Å². The summed E-state index contributed by atoms with van der Waals surface area (Å²) >= 11 is 0. The highest BCUT2D eigenvalue weighted by Crippen LogP contribution is 2.54. The normalized spacial score (nSPS) is 30.5. The van der Waals surface area contributed by atoms with Crippen molar-refractivity contribution >= 4 is 35.5 Å². The average molecular weight is 705 g/mol. The van der Waals surface area contributed by atoms with Crippen LogP contribution in [0.4, 0.5) is 0 Å². The van der Waals surface area contributed by atoms with Crippen molar-refractivity contribution in [2.24, 2.45) is 59.2 Å². The molecule has 0 bridgehead atoms. The van der Waals surface area contributed by atoms with Gasteiger partial charge < -0.3 is 0 Å². The largest absolute Gasteiger partial charge is 0.0796 e. The van der Waals surface area contributed by atoms with Crippen LogP contribution >= 0.6 is 0 Å². The zero-order valence-electron chi connectivity index (χ0n) is 33.5. The molecule has 4 aromatic rings. The topological polar surface area (TPSA) is 0 Å². The molecule has 2 fully saturated rings. The fourth-order valence-electron chi connectivity index (χ4n) is 12.0. The molecule has 0 N–H and O–H groups in total. The van der Waals surface area contributed by atoms with Crippen molar-refractivity contribution in [1.29, 1.82) is 0 Å². The lowest BCUT2D eigenvalue weighted by atomic mass is 9.78. The van der Waals surface area contributed by atoms with E-state index in [0.29, 0.717) is 59.2 Å². The summed E-state index contributed by atoms with van der Waals surface area (Å²) in [5.74, 6) is 6.43. The van der Waals surface area contributed by atoms with Gasteiger partial charge in [0.2, 0.25) is 0 Å². The Bertz CT molecular complexity index is 2330. The fourth-order valence-corrected chi connectivity index (χ4v) is 12.0. The Hall–Kier alpha value is -4.68. The van der Waals surface area contributed by atoms with E-state index in [0.717, 1.165) is 0 Å². The van der Waals surface area contributed by atoms with Crippen molar-refractivity contribution in [3.8, 4) is 0 Å². The van der Waals surface area contributed by atoms with Crippen LogP contribution in [0.3, 0.4) is 0 Å². The van der Waals surface area contributed by atoms with Gasteiger partial charge in [-0.15, -0.1) is 0 Å². The quantitative estimate of drug-likeness (QED) is 0.195. The third kappa shape index (κ3) is 5.89. The first-order chi connectivity index (χ1) is 26.0. The molecule has 0 heterocycles. The summed E-state index contributed by atoms with van der Waals surface area (Å²) in [7, 11) is 0. The molecule has 0 aliphatic heterocycles. The highest BCUT2D eigenvalue weighted by molar-refractivity contribution is 5.81. The Morgan fingerprint density at radius 3 is 0.981 bits per heavy atom. The molecule has 0 spiro atoms. The first kappa shape index (κ1) is 35.0. The molecule has 0 radical (unpaired) electrons. The molecule has 10 rings (SSSR count). The Morgan fingerprint density at radius 2 is 0.648 bits per heavy atom. The minimum atomic E-state index is 0.602. The van der Waals surface area contributed by atoms with Gasteiger partial charge in [-0.25, -0.2) is 0 Å². The molecular formula is C54H56. The summed E-state index contributed by atoms with van der Waals surface area (Å²) in [5, 5.41) is 5.69. The second-order valence-corrected chi connectivity index (χ2v) is 17.8. The average Bonchev–Trinajstić information content (AvgIpc) is 3.57. The lowest BCUT2D eigenvalue weighted by Gasteiger charge is -2.26. The smallest absolute Gasteiger partial charge is 0.00892 e. The van der Waals surface area contributed by atoms with Crippen molar-refractivity contribution < 1.29 is 0 Å². The van der Waals surface area contributed by atoms with Gasteiger partial charge in [0.25, 0.3) is 0 Å². The summed E-state index contributed by atoms with van der Waals surface area (Å²) in [5.41, 5.74) is 14.0. The third-order valence-electron chi connectivity index (χ3n) is 14.2. The van der Waals surface area contributed by atoms with Crippen LogP contribution in [0, 0.1) is 101 Å². The number of hydrogen-bond donors (Lipinski definition) is 0. The van der Waals surface area contributed by atoms with Gasteiger partial charge in [0.1, 0.15) is 0 Å². The van der Waals surface area contributed by atoms with Crippen molar-refractivity contribution in [2.45, 2.75) is 55.4 Å². The monoisotopic (exact) mass is 704 g/mol. The SMILES string of the molecule is CC1C2C=c3ccccc3=CC2C2C=c3ccccc3=CC12.Cc1cc(C)c(C2=CC3C(C)C4C=C(c5c(C)cc(C)cc5C)C=CC4C3C=C2)c(C)c1. The van der Waals surface area contributed by atoms with E-state index in [1.807, 2.05) is 0 Å². The molecule has 6 aliphatic rings. The molecule has 2 saturated carbocycles.